The zero-order chi connectivity index (χ0) is 15.2. The van der Waals surface area contributed by atoms with E-state index in [1.54, 1.807) is 12.5 Å². The van der Waals surface area contributed by atoms with Crippen LogP contribution in [0.4, 0.5) is 0 Å². The van der Waals surface area contributed by atoms with E-state index in [4.69, 9.17) is 0 Å². The number of ketones is 1. The van der Waals surface area contributed by atoms with Crippen molar-refractivity contribution >= 4 is 5.78 Å². The minimum Gasteiger partial charge on any atom is -0.324 e. The molecule has 3 aromatic rings. The van der Waals surface area contributed by atoms with Crippen LogP contribution >= 0.6 is 0 Å². The van der Waals surface area contributed by atoms with E-state index in [0.717, 1.165) is 12.0 Å². The van der Waals surface area contributed by atoms with Crippen LogP contribution < -0.4 is 0 Å². The van der Waals surface area contributed by atoms with Gasteiger partial charge in [-0.2, -0.15) is 0 Å². The van der Waals surface area contributed by atoms with Crippen LogP contribution in [0.1, 0.15) is 28.0 Å². The molecule has 0 aliphatic rings. The number of aryl methyl sites for hydroxylation is 1. The van der Waals surface area contributed by atoms with Crippen molar-refractivity contribution in [3.63, 3.8) is 0 Å². The first-order valence-electron chi connectivity index (χ1n) is 7.44. The fourth-order valence-corrected chi connectivity index (χ4v) is 2.49. The quantitative estimate of drug-likeness (QED) is 0.648. The molecule has 22 heavy (non-hydrogen) atoms. The van der Waals surface area contributed by atoms with Gasteiger partial charge in [0.15, 0.2) is 5.78 Å². The second-order valence-corrected chi connectivity index (χ2v) is 5.30. The third-order valence-electron chi connectivity index (χ3n) is 3.68. The lowest BCUT2D eigenvalue weighted by Crippen LogP contribution is -2.10. The zero-order valence-electron chi connectivity index (χ0n) is 12.4. The Hall–Kier alpha value is -2.68. The average Bonchev–Trinajstić information content (AvgIpc) is 3.03. The van der Waals surface area contributed by atoms with Crippen molar-refractivity contribution in [2.45, 2.75) is 19.4 Å². The molecular weight excluding hydrogens is 272 g/mol. The molecule has 0 bridgehead atoms. The summed E-state index contributed by atoms with van der Waals surface area (Å²) in [6.45, 7) is 0.674. The number of carbonyl (C=O) groups excluding carboxylic acids is 1. The van der Waals surface area contributed by atoms with E-state index in [-0.39, 0.29) is 5.78 Å². The molecule has 0 aliphatic carbocycles. The highest BCUT2D eigenvalue weighted by molar-refractivity contribution is 5.94. The number of benzene rings is 2. The first-order chi connectivity index (χ1) is 10.8. The van der Waals surface area contributed by atoms with Gasteiger partial charge in [0.05, 0.1) is 12.5 Å². The highest BCUT2D eigenvalue weighted by Gasteiger charge is 2.12. The minimum atomic E-state index is 0.136. The van der Waals surface area contributed by atoms with Gasteiger partial charge in [0.2, 0.25) is 0 Å². The van der Waals surface area contributed by atoms with Gasteiger partial charge >= 0.3 is 0 Å². The monoisotopic (exact) mass is 290 g/mol. The highest BCUT2D eigenvalue weighted by atomic mass is 16.1. The third kappa shape index (κ3) is 3.50. The van der Waals surface area contributed by atoms with Gasteiger partial charge in [0, 0.05) is 13.0 Å². The summed E-state index contributed by atoms with van der Waals surface area (Å²) >= 11 is 0. The molecule has 0 saturated carbocycles. The van der Waals surface area contributed by atoms with E-state index < -0.39 is 0 Å². The standard InChI is InChI=1S/C19H18N2O/c22-19(12-11-16-7-3-1-4-8-16)18-13-20-15-21(18)14-17-9-5-2-6-10-17/h1-10,13,15H,11-12,14H2. The first-order valence-corrected chi connectivity index (χ1v) is 7.44. The SMILES string of the molecule is O=C(CCc1ccccc1)c1cncn1Cc1ccccc1. The number of aromatic nitrogens is 2. The van der Waals surface area contributed by atoms with Gasteiger partial charge in [0.1, 0.15) is 5.69 Å². The largest absolute Gasteiger partial charge is 0.324 e. The Bertz CT molecular complexity index is 732. The Morgan fingerprint density at radius 2 is 1.55 bits per heavy atom. The molecular formula is C19H18N2O. The molecule has 3 nitrogen and oxygen atoms in total. The molecule has 0 atom stereocenters. The van der Waals surface area contributed by atoms with E-state index in [0.29, 0.717) is 18.7 Å². The molecule has 0 aliphatic heterocycles. The smallest absolute Gasteiger partial charge is 0.181 e. The Labute approximate surface area is 130 Å². The number of imidazole rings is 1. The predicted octanol–water partition coefficient (Wildman–Crippen LogP) is 3.75. The van der Waals surface area contributed by atoms with Gasteiger partial charge in [-0.1, -0.05) is 60.7 Å². The van der Waals surface area contributed by atoms with Crippen LogP contribution in [0.15, 0.2) is 73.2 Å². The summed E-state index contributed by atoms with van der Waals surface area (Å²) in [7, 11) is 0. The minimum absolute atomic E-state index is 0.136. The highest BCUT2D eigenvalue weighted by Crippen LogP contribution is 2.11. The van der Waals surface area contributed by atoms with Gasteiger partial charge in [0.25, 0.3) is 0 Å². The summed E-state index contributed by atoms with van der Waals surface area (Å²) in [5.74, 6) is 0.136. The molecule has 3 rings (SSSR count). The van der Waals surface area contributed by atoms with Crippen LogP contribution in [0.5, 0.6) is 0 Å². The fraction of sp³-hybridized carbons (Fsp3) is 0.158. The molecule has 0 radical (unpaired) electrons. The van der Waals surface area contributed by atoms with Gasteiger partial charge in [-0.05, 0) is 17.5 Å². The first kappa shape index (κ1) is 14.3. The number of Topliss-reactive ketones (excluding diaryl/α,β-unsaturated/α-hetero) is 1. The average molecular weight is 290 g/mol. The molecule has 110 valence electrons. The number of carbonyl (C=O) groups is 1. The van der Waals surface area contributed by atoms with Crippen LogP contribution in [0.3, 0.4) is 0 Å². The summed E-state index contributed by atoms with van der Waals surface area (Å²) in [6, 6.07) is 20.2. The van der Waals surface area contributed by atoms with Crippen molar-refractivity contribution in [2.75, 3.05) is 0 Å². The molecule has 1 aromatic heterocycles. The Balaban J connectivity index is 1.67. The van der Waals surface area contributed by atoms with Crippen molar-refractivity contribution in [1.82, 2.24) is 9.55 Å². The van der Waals surface area contributed by atoms with E-state index in [2.05, 4.69) is 29.2 Å². The summed E-state index contributed by atoms with van der Waals surface area (Å²) in [5, 5.41) is 0. The van der Waals surface area contributed by atoms with E-state index in [9.17, 15) is 4.79 Å². The van der Waals surface area contributed by atoms with E-state index >= 15 is 0 Å². The van der Waals surface area contributed by atoms with Crippen molar-refractivity contribution in [3.8, 4) is 0 Å². The van der Waals surface area contributed by atoms with Gasteiger partial charge in [-0.25, -0.2) is 4.98 Å². The molecule has 2 aromatic carbocycles. The molecule has 3 heteroatoms. The molecule has 0 spiro atoms. The van der Waals surface area contributed by atoms with Crippen LogP contribution in [-0.4, -0.2) is 15.3 Å². The molecule has 0 saturated heterocycles. The maximum absolute atomic E-state index is 12.4. The Morgan fingerprint density at radius 1 is 0.909 bits per heavy atom. The number of rotatable bonds is 6. The summed E-state index contributed by atoms with van der Waals surface area (Å²) in [5.41, 5.74) is 3.03. The van der Waals surface area contributed by atoms with Crippen LogP contribution in [0.25, 0.3) is 0 Å². The number of hydrogen-bond donors (Lipinski definition) is 0. The topological polar surface area (TPSA) is 34.9 Å². The number of nitrogens with zero attached hydrogens (tertiary/aromatic N) is 2. The summed E-state index contributed by atoms with van der Waals surface area (Å²) in [6.07, 6.45) is 4.65. The lowest BCUT2D eigenvalue weighted by molar-refractivity contribution is 0.0974. The maximum atomic E-state index is 12.4. The summed E-state index contributed by atoms with van der Waals surface area (Å²) < 4.78 is 1.92. The molecule has 0 fully saturated rings. The molecule has 0 amide bonds. The zero-order valence-corrected chi connectivity index (χ0v) is 12.4. The second kappa shape index (κ2) is 6.85. The van der Waals surface area contributed by atoms with Crippen LogP contribution in [0, 0.1) is 0 Å². The van der Waals surface area contributed by atoms with E-state index in [1.165, 1.54) is 5.56 Å². The fourth-order valence-electron chi connectivity index (χ4n) is 2.49. The van der Waals surface area contributed by atoms with Crippen molar-refractivity contribution in [1.29, 1.82) is 0 Å². The van der Waals surface area contributed by atoms with Crippen molar-refractivity contribution in [3.05, 3.63) is 90.0 Å². The normalized spacial score (nSPS) is 10.5. The third-order valence-corrected chi connectivity index (χ3v) is 3.68. The van der Waals surface area contributed by atoms with Gasteiger partial charge in [-0.3, -0.25) is 4.79 Å². The predicted molar refractivity (Wildman–Crippen MR) is 86.9 cm³/mol. The number of hydrogen-bond acceptors (Lipinski definition) is 2. The van der Waals surface area contributed by atoms with Crippen LogP contribution in [-0.2, 0) is 13.0 Å². The molecule has 0 unspecified atom stereocenters. The molecule has 0 N–H and O–H groups in total. The van der Waals surface area contributed by atoms with Crippen LogP contribution in [0.2, 0.25) is 0 Å². The lowest BCUT2D eigenvalue weighted by Gasteiger charge is -2.07. The molecule has 1 heterocycles. The Morgan fingerprint density at radius 3 is 2.23 bits per heavy atom. The maximum Gasteiger partial charge on any atom is 0.181 e. The summed E-state index contributed by atoms with van der Waals surface area (Å²) in [4.78, 5) is 16.6. The second-order valence-electron chi connectivity index (χ2n) is 5.30. The van der Waals surface area contributed by atoms with E-state index in [1.807, 2.05) is 41.0 Å². The lowest BCUT2D eigenvalue weighted by atomic mass is 10.1. The Kier molecular flexibility index (Phi) is 4.44. The van der Waals surface area contributed by atoms with Gasteiger partial charge in [-0.15, -0.1) is 0 Å². The van der Waals surface area contributed by atoms with Gasteiger partial charge < -0.3 is 4.57 Å². The van der Waals surface area contributed by atoms with Crippen molar-refractivity contribution < 1.29 is 4.79 Å². The van der Waals surface area contributed by atoms with Crippen molar-refractivity contribution in [2.24, 2.45) is 0 Å².